The van der Waals surface area contributed by atoms with Crippen LogP contribution in [0.15, 0.2) is 56.6 Å². The molecule has 0 N–H and O–H groups in total. The fourth-order valence-corrected chi connectivity index (χ4v) is 5.90. The van der Waals surface area contributed by atoms with Gasteiger partial charge >= 0.3 is 0 Å². The summed E-state index contributed by atoms with van der Waals surface area (Å²) in [7, 11) is -1.39. The molecule has 0 atom stereocenters. The van der Waals surface area contributed by atoms with Gasteiger partial charge in [0.25, 0.3) is 8.01 Å². The molecule has 0 fully saturated rings. The zero-order valence-electron chi connectivity index (χ0n) is 24.3. The SMILES string of the molecule is CC(C)(C)c1cc(C(C)(C)C)c2op(C3=C=CC=C3)oc3c(C(C)(C)C)cc(C(C)(C)C)cc3c2c1. The highest BCUT2D eigenvalue weighted by Gasteiger charge is 2.28. The van der Waals surface area contributed by atoms with Crippen LogP contribution in [0.2, 0.25) is 0 Å². The van der Waals surface area contributed by atoms with Crippen molar-refractivity contribution >= 4 is 35.3 Å². The number of hydrogen-bond donors (Lipinski definition) is 0. The van der Waals surface area contributed by atoms with Crippen molar-refractivity contribution in [2.24, 2.45) is 0 Å². The van der Waals surface area contributed by atoms with E-state index in [4.69, 9.17) is 8.39 Å². The fourth-order valence-electron chi connectivity index (χ4n) is 4.55. The molecule has 1 aliphatic rings. The maximum atomic E-state index is 6.91. The lowest BCUT2D eigenvalue weighted by Crippen LogP contribution is -2.17. The Bertz CT molecular complexity index is 1380. The van der Waals surface area contributed by atoms with Crippen LogP contribution in [0.4, 0.5) is 0 Å². The maximum absolute atomic E-state index is 6.91. The van der Waals surface area contributed by atoms with Crippen molar-refractivity contribution in [3.05, 3.63) is 70.5 Å². The number of rotatable bonds is 1. The number of fused-ring (bicyclic) bond motifs is 3. The molecule has 1 aliphatic carbocycles. The Balaban J connectivity index is 2.39. The largest absolute Gasteiger partial charge is 0.415 e. The summed E-state index contributed by atoms with van der Waals surface area (Å²) in [6, 6.07) is 9.40. The van der Waals surface area contributed by atoms with Crippen LogP contribution in [-0.4, -0.2) is 0 Å². The van der Waals surface area contributed by atoms with Crippen molar-refractivity contribution in [1.82, 2.24) is 0 Å². The lowest BCUT2D eigenvalue weighted by molar-refractivity contribution is 0.558. The minimum Gasteiger partial charge on any atom is -0.415 e. The molecule has 2 nitrogen and oxygen atoms in total. The molecule has 0 aliphatic heterocycles. The molecule has 2 aromatic carbocycles. The zero-order valence-corrected chi connectivity index (χ0v) is 25.2. The van der Waals surface area contributed by atoms with Crippen LogP contribution in [0.3, 0.4) is 0 Å². The highest BCUT2D eigenvalue weighted by Crippen LogP contribution is 2.49. The molecule has 1 aromatic heterocycles. The lowest BCUT2D eigenvalue weighted by Gasteiger charge is -2.27. The Morgan fingerprint density at radius 3 is 1.31 bits per heavy atom. The smallest absolute Gasteiger partial charge is 0.261 e. The van der Waals surface area contributed by atoms with Gasteiger partial charge in [-0.05, 0) is 57.1 Å². The van der Waals surface area contributed by atoms with Gasteiger partial charge in [0.2, 0.25) is 0 Å². The zero-order chi connectivity index (χ0) is 26.8. The molecular formula is C33H43O2P. The minimum atomic E-state index is -1.39. The molecular weight excluding hydrogens is 459 g/mol. The Morgan fingerprint density at radius 2 is 1.00 bits per heavy atom. The van der Waals surface area contributed by atoms with Crippen LogP contribution < -0.4 is 0 Å². The van der Waals surface area contributed by atoms with E-state index in [0.29, 0.717) is 0 Å². The van der Waals surface area contributed by atoms with Gasteiger partial charge in [0, 0.05) is 21.9 Å². The van der Waals surface area contributed by atoms with Gasteiger partial charge in [-0.25, -0.2) is 0 Å². The van der Waals surface area contributed by atoms with Crippen LogP contribution in [0.5, 0.6) is 0 Å². The van der Waals surface area contributed by atoms with E-state index in [0.717, 1.165) is 27.3 Å². The number of benzene rings is 2. The fraction of sp³-hybridized carbons (Fsp3) is 0.485. The molecule has 0 saturated heterocycles. The second-order valence-electron chi connectivity index (χ2n) is 14.3. The molecule has 192 valence electrons. The van der Waals surface area contributed by atoms with Crippen molar-refractivity contribution in [3.8, 4) is 0 Å². The van der Waals surface area contributed by atoms with Crippen molar-refractivity contribution in [1.29, 1.82) is 0 Å². The van der Waals surface area contributed by atoms with Gasteiger partial charge in [0.15, 0.2) is 0 Å². The van der Waals surface area contributed by atoms with Gasteiger partial charge in [0.05, 0.1) is 0 Å². The van der Waals surface area contributed by atoms with Crippen LogP contribution >= 0.6 is 8.01 Å². The molecule has 0 saturated carbocycles. The van der Waals surface area contributed by atoms with Gasteiger partial charge in [-0.2, -0.15) is 0 Å². The summed E-state index contributed by atoms with van der Waals surface area (Å²) < 4.78 is 13.8. The molecule has 0 amide bonds. The summed E-state index contributed by atoms with van der Waals surface area (Å²) in [6.07, 6.45) is 6.02. The molecule has 0 bridgehead atoms. The first-order chi connectivity index (χ1) is 16.4. The molecule has 3 heteroatoms. The van der Waals surface area contributed by atoms with Crippen molar-refractivity contribution in [3.63, 3.8) is 0 Å². The van der Waals surface area contributed by atoms with Crippen LogP contribution in [0.1, 0.15) is 105 Å². The van der Waals surface area contributed by atoms with E-state index in [2.05, 4.69) is 119 Å². The summed E-state index contributed by atoms with van der Waals surface area (Å²) in [5.41, 5.74) is 10.1. The third kappa shape index (κ3) is 5.04. The first kappa shape index (κ1) is 26.7. The first-order valence-electron chi connectivity index (χ1n) is 13.1. The van der Waals surface area contributed by atoms with Crippen LogP contribution in [0.25, 0.3) is 27.3 Å². The summed E-state index contributed by atoms with van der Waals surface area (Å²) in [5, 5.41) is 3.24. The van der Waals surface area contributed by atoms with Gasteiger partial charge in [-0.3, -0.25) is 0 Å². The molecule has 3 aromatic rings. The van der Waals surface area contributed by atoms with Gasteiger partial charge in [0.1, 0.15) is 16.5 Å². The molecule has 4 rings (SSSR count). The second kappa shape index (κ2) is 8.58. The summed E-state index contributed by atoms with van der Waals surface area (Å²) in [5.74, 6) is 0. The predicted molar refractivity (Wildman–Crippen MR) is 158 cm³/mol. The average Bonchev–Trinajstić information content (AvgIpc) is 3.19. The van der Waals surface area contributed by atoms with E-state index < -0.39 is 8.01 Å². The van der Waals surface area contributed by atoms with Crippen molar-refractivity contribution in [2.75, 3.05) is 0 Å². The van der Waals surface area contributed by atoms with E-state index in [9.17, 15) is 0 Å². The number of hydrogen-bond acceptors (Lipinski definition) is 2. The highest BCUT2D eigenvalue weighted by atomic mass is 31.1. The third-order valence-corrected chi connectivity index (χ3v) is 8.31. The average molecular weight is 503 g/mol. The quantitative estimate of drug-likeness (QED) is 0.309. The van der Waals surface area contributed by atoms with Gasteiger partial charge < -0.3 is 8.39 Å². The normalized spacial score (nSPS) is 14.7. The second-order valence-corrected chi connectivity index (χ2v) is 15.7. The first-order valence-corrected chi connectivity index (χ1v) is 14.2. The molecule has 1 heterocycles. The van der Waals surface area contributed by atoms with Crippen molar-refractivity contribution < 1.29 is 8.39 Å². The van der Waals surface area contributed by atoms with E-state index in [1.165, 1.54) is 22.3 Å². The lowest BCUT2D eigenvalue weighted by atomic mass is 9.77. The Hall–Kier alpha value is -2.40. The summed E-state index contributed by atoms with van der Waals surface area (Å²) >= 11 is 0. The molecule has 0 unspecified atom stereocenters. The molecule has 0 spiro atoms. The third-order valence-electron chi connectivity index (χ3n) is 6.94. The highest BCUT2D eigenvalue weighted by molar-refractivity contribution is 7.50. The Labute approximate surface area is 218 Å². The maximum Gasteiger partial charge on any atom is 0.261 e. The standard InChI is InChI=1S/C33H43O2P/c1-30(2,3)21-17-24-25-18-22(31(4,5)6)20-27(33(10,11)12)29(25)35-36(23-15-13-14-16-23)34-28(24)26(19-21)32(7,8)9/h13-15,17-20H,1-12H3. The monoisotopic (exact) mass is 502 g/mol. The van der Waals surface area contributed by atoms with Crippen LogP contribution in [0, 0.1) is 0 Å². The van der Waals surface area contributed by atoms with Crippen LogP contribution in [-0.2, 0) is 21.7 Å². The van der Waals surface area contributed by atoms with Gasteiger partial charge in [-0.1, -0.05) is 101 Å². The summed E-state index contributed by atoms with van der Waals surface area (Å²) in [6.45, 7) is 27.3. The molecule has 0 radical (unpaired) electrons. The number of allylic oxidation sites excluding steroid dienone is 3. The minimum absolute atomic E-state index is 0.00103. The Kier molecular flexibility index (Phi) is 6.35. The van der Waals surface area contributed by atoms with E-state index >= 15 is 0 Å². The summed E-state index contributed by atoms with van der Waals surface area (Å²) in [4.78, 5) is 0. The van der Waals surface area contributed by atoms with E-state index in [-0.39, 0.29) is 21.7 Å². The topological polar surface area (TPSA) is 26.3 Å². The van der Waals surface area contributed by atoms with E-state index in [1.54, 1.807) is 0 Å². The predicted octanol–water partition coefficient (Wildman–Crippen LogP) is 11.0. The van der Waals surface area contributed by atoms with Gasteiger partial charge in [-0.15, -0.1) is 5.73 Å². The Morgan fingerprint density at radius 1 is 0.583 bits per heavy atom. The van der Waals surface area contributed by atoms with E-state index in [1.807, 2.05) is 12.2 Å². The van der Waals surface area contributed by atoms with Crippen molar-refractivity contribution in [2.45, 2.75) is 105 Å². The molecule has 36 heavy (non-hydrogen) atoms.